The van der Waals surface area contributed by atoms with Crippen LogP contribution in [-0.4, -0.2) is 78.4 Å². The van der Waals surface area contributed by atoms with Gasteiger partial charge in [-0.15, -0.1) is 36.1 Å². The van der Waals surface area contributed by atoms with Crippen LogP contribution in [0, 0.1) is 79.9 Å². The average Bonchev–Trinajstić information content (AvgIpc) is 1.65. The van der Waals surface area contributed by atoms with Gasteiger partial charge in [0, 0.05) is 89.2 Å². The molecule has 19 aromatic rings. The van der Waals surface area contributed by atoms with Crippen molar-refractivity contribution in [2.75, 3.05) is 0 Å². The molecule has 0 fully saturated rings. The second-order valence-electron chi connectivity index (χ2n) is 30.6. The van der Waals surface area contributed by atoms with Crippen LogP contribution in [0.4, 0.5) is 26.3 Å². The number of hydrogen-bond acceptors (Lipinski definition) is 21. The van der Waals surface area contributed by atoms with Gasteiger partial charge in [0.2, 0.25) is 0 Å². The molecule has 32 heteroatoms. The van der Waals surface area contributed by atoms with E-state index < -0.39 is 17.6 Å². The summed E-state index contributed by atoms with van der Waals surface area (Å²) in [6, 6.07) is 84.3. The van der Waals surface area contributed by atoms with E-state index in [0.717, 1.165) is 112 Å². The van der Waals surface area contributed by atoms with Gasteiger partial charge in [-0.05, 0) is 157 Å². The lowest BCUT2D eigenvalue weighted by Gasteiger charge is -2.11. The predicted molar refractivity (Wildman–Crippen MR) is 507 cm³/mol. The van der Waals surface area contributed by atoms with Crippen LogP contribution in [0.5, 0.6) is 23.0 Å². The molecule has 12 aromatic carbocycles. The maximum Gasteiger partial charge on any atom is 0.419 e. The molecule has 138 heavy (non-hydrogen) atoms. The number of benzene rings is 12. The van der Waals surface area contributed by atoms with Crippen molar-refractivity contribution in [1.29, 1.82) is 10.5 Å². The Bertz CT molecular complexity index is 8880. The van der Waals surface area contributed by atoms with Gasteiger partial charge in [0.05, 0.1) is 104 Å². The molecule has 0 unspecified atom stereocenters. The van der Waals surface area contributed by atoms with E-state index >= 15 is 0 Å². The van der Waals surface area contributed by atoms with Gasteiger partial charge >= 0.3 is 6.18 Å². The Hall–Kier alpha value is -20.0. The number of furan rings is 1. The normalized spacial score (nSPS) is 13.3. The average molecular weight is 1830 g/mol. The van der Waals surface area contributed by atoms with Crippen LogP contribution in [0.2, 0.25) is 0 Å². The van der Waals surface area contributed by atoms with Crippen LogP contribution in [-0.2, 0) is 6.18 Å². The fourth-order valence-electron chi connectivity index (χ4n) is 16.3. The highest BCUT2D eigenvalue weighted by molar-refractivity contribution is 7.15. The number of aromatic nitrogens is 10. The highest BCUT2D eigenvalue weighted by Gasteiger charge is 2.38. The van der Waals surface area contributed by atoms with E-state index in [1.54, 1.807) is 84.3 Å². The summed E-state index contributed by atoms with van der Waals surface area (Å²) in [4.78, 5) is 64.7. The Labute approximate surface area is 781 Å². The first-order valence-corrected chi connectivity index (χ1v) is 42.3. The maximum absolute atomic E-state index is 13.8. The second-order valence-corrected chi connectivity index (χ2v) is 31.9. The molecule has 0 aliphatic heterocycles. The third-order valence-corrected chi connectivity index (χ3v) is 23.4. The zero-order valence-electron chi connectivity index (χ0n) is 70.9. The topological polar surface area (TPSA) is 292 Å². The highest BCUT2D eigenvalue weighted by Crippen LogP contribution is 2.45. The molecule has 650 valence electrons. The second kappa shape index (κ2) is 36.1. The fraction of sp³-hybridized carbons (Fsp3) is 0.0189. The number of thiophene rings is 1. The zero-order valence-corrected chi connectivity index (χ0v) is 71.7. The number of ether oxygens (including phenoxy) is 2. The summed E-state index contributed by atoms with van der Waals surface area (Å²) >= 11 is 1.77. The molecule has 0 spiro atoms. The Morgan fingerprint density at radius 2 is 0.659 bits per heavy atom. The highest BCUT2D eigenvalue weighted by atomic mass is 32.1. The minimum absolute atomic E-state index is 0.0826. The molecule has 7 aromatic heterocycles. The van der Waals surface area contributed by atoms with Crippen molar-refractivity contribution in [3.8, 4) is 124 Å². The van der Waals surface area contributed by atoms with E-state index in [9.17, 15) is 36.9 Å². The van der Waals surface area contributed by atoms with Crippen LogP contribution >= 0.6 is 11.3 Å². The lowest BCUT2D eigenvalue weighted by atomic mass is 10.00. The zero-order chi connectivity index (χ0) is 95.0. The minimum atomic E-state index is -4.78. The standard InChI is InChI=1S/C23H10F4N4O.C22H11FN4O.C21H12N4S.C20H7FN6.C20H10N4O/c1-28-31-21-15-5-3-2-4-14(15)20-22(21)29-18-9-7-13(11-19(18)30-20)32-12-6-8-16(17(24)10-12)23(25,26)27;1-24-27-21-17-5-3-2-4-16(17)20-22(21)25-18-11-10-15(12-19(18)26-20)28-14-8-6-13(23)7-9-14;1-12-7-10-18(26-12)13-8-9-16-17(11-13)24-19-14-5-3-4-6-15(14)20(25-22-2)21(19)23-16;1-24-27-19-14-7-4-12(11-2-5-13(21)6-3-11)8-15(14)18-20(19)26-17(10-23)16(9-22)25-18;1-21-24-19-14-6-3-2-5-13(14)18-20(19)22-15-9-8-12(11-16(15)23-18)17-7-4-10-25-17/h2-11H;2-12H;3-11H,1H3;2-8H;2-11H/b31-21+;27-21+;25-20+;27-19+;24-19+. The van der Waals surface area contributed by atoms with Crippen LogP contribution in [0.3, 0.4) is 0 Å². The molecule has 0 N–H and O–H groups in total. The summed E-state index contributed by atoms with van der Waals surface area (Å²) in [5, 5.41) is 38.0. The summed E-state index contributed by atoms with van der Waals surface area (Å²) in [6.45, 7) is 37.6. The molecule has 7 heterocycles. The van der Waals surface area contributed by atoms with E-state index in [0.29, 0.717) is 131 Å². The van der Waals surface area contributed by atoms with E-state index in [1.807, 2.05) is 158 Å². The molecule has 0 saturated carbocycles. The van der Waals surface area contributed by atoms with Gasteiger partial charge in [-0.1, -0.05) is 127 Å². The molecular weight excluding hydrogens is 1780 g/mol. The maximum atomic E-state index is 13.8. The van der Waals surface area contributed by atoms with Crippen LogP contribution in [0.25, 0.3) is 158 Å². The first kappa shape index (κ1) is 86.1. The van der Waals surface area contributed by atoms with Crippen molar-refractivity contribution in [2.24, 2.45) is 25.5 Å². The number of hydrogen-bond donors (Lipinski definition) is 0. The Morgan fingerprint density at radius 1 is 0.319 bits per heavy atom. The fourth-order valence-corrected chi connectivity index (χ4v) is 17.2. The van der Waals surface area contributed by atoms with E-state index in [-0.39, 0.29) is 34.5 Å². The molecule has 24 rings (SSSR count). The van der Waals surface area contributed by atoms with Gasteiger partial charge in [0.1, 0.15) is 92.5 Å². The first-order chi connectivity index (χ1) is 67.3. The Kier molecular flexibility index (Phi) is 22.5. The summed E-state index contributed by atoms with van der Waals surface area (Å²) in [7, 11) is 0. The predicted octanol–water partition coefficient (Wildman–Crippen LogP) is 25.0. The molecule has 5 aliphatic rings. The van der Waals surface area contributed by atoms with Gasteiger partial charge < -0.3 is 13.9 Å². The minimum Gasteiger partial charge on any atom is -0.464 e. The molecule has 0 amide bonds. The lowest BCUT2D eigenvalue weighted by molar-refractivity contribution is -0.140. The van der Waals surface area contributed by atoms with Gasteiger partial charge in [0.25, 0.3) is 0 Å². The third-order valence-electron chi connectivity index (χ3n) is 22.4. The number of alkyl halides is 3. The number of aryl methyl sites for hydroxylation is 1. The number of fused-ring (bicyclic) bond motifs is 19. The molecule has 0 bridgehead atoms. The molecular formula is C106H50F6N22O3S. The Balaban J connectivity index is 0.000000107. The van der Waals surface area contributed by atoms with Gasteiger partial charge in [-0.25, -0.2) is 63.0 Å². The molecule has 0 radical (unpaired) electrons. The van der Waals surface area contributed by atoms with Gasteiger partial charge in [-0.2, -0.15) is 56.6 Å². The van der Waals surface area contributed by atoms with Crippen molar-refractivity contribution < 1.29 is 40.2 Å². The van der Waals surface area contributed by atoms with E-state index in [2.05, 4.69) is 106 Å². The van der Waals surface area contributed by atoms with Crippen molar-refractivity contribution in [2.45, 2.75) is 13.1 Å². The van der Waals surface area contributed by atoms with Crippen molar-refractivity contribution >= 4 is 84.0 Å². The molecule has 25 nitrogen and oxygen atoms in total. The smallest absolute Gasteiger partial charge is 0.419 e. The largest absolute Gasteiger partial charge is 0.464 e. The number of halogens is 6. The summed E-state index contributed by atoms with van der Waals surface area (Å²) in [6.07, 6.45) is -3.13. The molecule has 0 atom stereocenters. The quantitative estimate of drug-likeness (QED) is 0.0814. The first-order valence-electron chi connectivity index (χ1n) is 41.5. The number of nitriles is 2. The van der Waals surface area contributed by atoms with E-state index in [4.69, 9.17) is 71.7 Å². The number of nitrogens with zero attached hydrogens (tertiary/aromatic N) is 22. The summed E-state index contributed by atoms with van der Waals surface area (Å²) < 4.78 is 95.2. The van der Waals surface area contributed by atoms with Gasteiger partial charge in [0.15, 0.2) is 39.9 Å². The van der Waals surface area contributed by atoms with E-state index in [1.165, 1.54) is 34.0 Å². The third kappa shape index (κ3) is 16.3. The Morgan fingerprint density at radius 3 is 1.07 bits per heavy atom. The van der Waals surface area contributed by atoms with Crippen LogP contribution in [0.15, 0.2) is 315 Å². The monoisotopic (exact) mass is 1820 g/mol. The van der Waals surface area contributed by atoms with Crippen molar-refractivity contribution in [3.63, 3.8) is 0 Å². The van der Waals surface area contributed by atoms with Gasteiger partial charge in [-0.3, -0.25) is 0 Å². The SMILES string of the molecule is [C-]#[N+]/N=C1\c2ccc(-c3ccc(F)cc3)cc2-c2nc(C#N)c(C#N)nc21.[C-]#[N+]/N=C1\c2ccccc2-c2nc3cc(-c4ccc(C)s4)ccc3nc21.[C-]#[N+]/N=C1\c2ccccc2-c2nc3cc(-c4ccco4)ccc3nc21.[C-]#[N+]/N=C1\c2ccccc2-c2nc3cc(Oc4ccc(C(F)(F)F)c(F)c4)ccc3nc21.[C-]#[N+]/N=C1\c2ccccc2-c2nc3cc(Oc4ccc(F)cc4)ccc3nc21. The number of rotatable bonds is 7. The molecule has 5 aliphatic carbocycles. The molecule has 0 saturated heterocycles. The lowest BCUT2D eigenvalue weighted by Crippen LogP contribution is -2.07. The van der Waals surface area contributed by atoms with Crippen LogP contribution < -0.4 is 9.47 Å². The summed E-state index contributed by atoms with van der Waals surface area (Å²) in [5.41, 5.74) is 24.5. The van der Waals surface area contributed by atoms with Crippen molar-refractivity contribution in [3.05, 3.63) is 439 Å². The summed E-state index contributed by atoms with van der Waals surface area (Å²) in [5.74, 6) is 0.0130. The van der Waals surface area contributed by atoms with Crippen LogP contribution in [0.1, 0.15) is 78.1 Å². The van der Waals surface area contributed by atoms with Crippen molar-refractivity contribution in [1.82, 2.24) is 49.8 Å².